The molecule has 5 rings (SSSR count). The predicted octanol–water partition coefficient (Wildman–Crippen LogP) is 1.48. The van der Waals surface area contributed by atoms with Crippen molar-refractivity contribution in [2.45, 2.75) is 56.2 Å². The van der Waals surface area contributed by atoms with E-state index in [1.54, 1.807) is 12.0 Å². The van der Waals surface area contributed by atoms with E-state index in [-0.39, 0.29) is 36.0 Å². The van der Waals surface area contributed by atoms with Crippen molar-refractivity contribution in [1.29, 1.82) is 0 Å². The van der Waals surface area contributed by atoms with Gasteiger partial charge in [-0.05, 0) is 31.7 Å². The highest BCUT2D eigenvalue weighted by Gasteiger charge is 2.58. The van der Waals surface area contributed by atoms with Crippen molar-refractivity contribution in [3.05, 3.63) is 18.1 Å². The molecule has 4 aliphatic rings. The molecular weight excluding hydrogens is 467 g/mol. The number of anilines is 1. The first kappa shape index (κ1) is 24.7. The molecule has 1 aliphatic carbocycles. The fraction of sp³-hybridized carbons (Fsp3) is 0.783. The molecule has 3 aliphatic heterocycles. The minimum Gasteiger partial charge on any atom is -0.379 e. The molecule has 1 aromatic rings. The molecule has 4 fully saturated rings. The van der Waals surface area contributed by atoms with Crippen LogP contribution in [0.3, 0.4) is 0 Å². The van der Waals surface area contributed by atoms with Crippen LogP contribution in [0.15, 0.2) is 12.3 Å². The number of hydrogen-bond acceptors (Lipinski definition) is 8. The first-order valence-corrected chi connectivity index (χ1v) is 12.2. The SMILES string of the molecule is CO[C@@H]1COCC[C@@H]1N[C@@H]1C[C@H]2OCC[C@@]2(C(=O)N2CCN(c3ccnc(C(F)(F)F)n3)CC2)C1. The molecule has 0 radical (unpaired) electrons. The molecule has 1 amide bonds. The number of ether oxygens (including phenoxy) is 3. The number of amides is 1. The van der Waals surface area contributed by atoms with Crippen LogP contribution in [-0.4, -0.2) is 98.2 Å². The minimum absolute atomic E-state index is 0.00973. The summed E-state index contributed by atoms with van der Waals surface area (Å²) in [5.74, 6) is -0.824. The number of piperazine rings is 1. The van der Waals surface area contributed by atoms with Gasteiger partial charge >= 0.3 is 6.18 Å². The lowest BCUT2D eigenvalue weighted by Crippen LogP contribution is -2.55. The summed E-state index contributed by atoms with van der Waals surface area (Å²) in [5, 5.41) is 3.71. The van der Waals surface area contributed by atoms with E-state index in [0.717, 1.165) is 19.0 Å². The van der Waals surface area contributed by atoms with Gasteiger partial charge in [0.25, 0.3) is 0 Å². The van der Waals surface area contributed by atoms with Crippen molar-refractivity contribution in [1.82, 2.24) is 20.2 Å². The Hall–Kier alpha value is -2.02. The molecule has 0 spiro atoms. The number of halogens is 3. The highest BCUT2D eigenvalue weighted by molar-refractivity contribution is 5.84. The molecule has 1 saturated carbocycles. The van der Waals surface area contributed by atoms with Crippen molar-refractivity contribution < 1.29 is 32.2 Å². The van der Waals surface area contributed by atoms with Gasteiger partial charge in [-0.1, -0.05) is 0 Å². The fourth-order valence-corrected chi connectivity index (χ4v) is 6.02. The second kappa shape index (κ2) is 9.79. The zero-order valence-corrected chi connectivity index (χ0v) is 19.8. The molecule has 0 unspecified atom stereocenters. The first-order valence-electron chi connectivity index (χ1n) is 12.2. The maximum absolute atomic E-state index is 13.8. The zero-order valence-electron chi connectivity index (χ0n) is 19.8. The monoisotopic (exact) mass is 499 g/mol. The molecule has 1 N–H and O–H groups in total. The van der Waals surface area contributed by atoms with Gasteiger partial charge in [0, 0.05) is 64.8 Å². The van der Waals surface area contributed by atoms with E-state index in [4.69, 9.17) is 14.2 Å². The Balaban J connectivity index is 1.22. The summed E-state index contributed by atoms with van der Waals surface area (Å²) >= 11 is 0. The van der Waals surface area contributed by atoms with Gasteiger partial charge in [0.1, 0.15) is 5.82 Å². The number of carbonyl (C=O) groups excluding carboxylic acids is 1. The summed E-state index contributed by atoms with van der Waals surface area (Å²) < 4.78 is 56.1. The number of alkyl halides is 3. The Labute approximate surface area is 202 Å². The number of carbonyl (C=O) groups is 1. The van der Waals surface area contributed by atoms with Gasteiger partial charge in [-0.25, -0.2) is 9.97 Å². The molecule has 9 nitrogen and oxygen atoms in total. The second-order valence-corrected chi connectivity index (χ2v) is 9.83. The van der Waals surface area contributed by atoms with Crippen molar-refractivity contribution in [2.75, 3.05) is 58.0 Å². The normalized spacial score (nSPS) is 33.7. The second-order valence-electron chi connectivity index (χ2n) is 9.83. The Morgan fingerprint density at radius 1 is 1.26 bits per heavy atom. The Kier molecular flexibility index (Phi) is 6.90. The summed E-state index contributed by atoms with van der Waals surface area (Å²) in [6.07, 6.45) is -0.551. The molecule has 0 aromatic carbocycles. The first-order chi connectivity index (χ1) is 16.8. The van der Waals surface area contributed by atoms with Crippen molar-refractivity contribution >= 4 is 11.7 Å². The van der Waals surface area contributed by atoms with Crippen LogP contribution in [0.1, 0.15) is 31.5 Å². The number of fused-ring (bicyclic) bond motifs is 1. The van der Waals surface area contributed by atoms with E-state index in [9.17, 15) is 18.0 Å². The van der Waals surface area contributed by atoms with E-state index in [2.05, 4.69) is 15.3 Å². The number of nitrogens with zero attached hydrogens (tertiary/aromatic N) is 4. The summed E-state index contributed by atoms with van der Waals surface area (Å²) in [5.41, 5.74) is -0.550. The van der Waals surface area contributed by atoms with Crippen molar-refractivity contribution in [2.24, 2.45) is 5.41 Å². The maximum Gasteiger partial charge on any atom is 0.451 e. The Morgan fingerprint density at radius 3 is 2.80 bits per heavy atom. The van der Waals surface area contributed by atoms with E-state index >= 15 is 0 Å². The van der Waals surface area contributed by atoms with Crippen molar-refractivity contribution in [3.8, 4) is 0 Å². The third-order valence-corrected chi connectivity index (χ3v) is 7.86. The van der Waals surface area contributed by atoms with Crippen LogP contribution < -0.4 is 10.2 Å². The van der Waals surface area contributed by atoms with Crippen LogP contribution in [0.5, 0.6) is 0 Å². The molecule has 0 bridgehead atoms. The molecule has 1 aromatic heterocycles. The van der Waals surface area contributed by atoms with Crippen molar-refractivity contribution in [3.63, 3.8) is 0 Å². The van der Waals surface area contributed by atoms with Gasteiger partial charge in [0.05, 0.1) is 24.2 Å². The smallest absolute Gasteiger partial charge is 0.379 e. The summed E-state index contributed by atoms with van der Waals surface area (Å²) in [7, 11) is 1.69. The van der Waals surface area contributed by atoms with E-state index in [1.165, 1.54) is 6.07 Å². The number of aromatic nitrogens is 2. The molecule has 5 atom stereocenters. The van der Waals surface area contributed by atoms with Crippen LogP contribution in [-0.2, 0) is 25.2 Å². The third-order valence-electron chi connectivity index (χ3n) is 7.86. The van der Waals surface area contributed by atoms with Gasteiger partial charge < -0.3 is 29.3 Å². The van der Waals surface area contributed by atoms with Gasteiger partial charge in [-0.15, -0.1) is 0 Å². The van der Waals surface area contributed by atoms with Crippen LogP contribution in [0.25, 0.3) is 0 Å². The number of methoxy groups -OCH3 is 1. The van der Waals surface area contributed by atoms with E-state index in [1.807, 2.05) is 4.90 Å². The highest BCUT2D eigenvalue weighted by Crippen LogP contribution is 2.49. The number of rotatable bonds is 5. The van der Waals surface area contributed by atoms with E-state index in [0.29, 0.717) is 58.8 Å². The molecular formula is C23H32F3N5O4. The van der Waals surface area contributed by atoms with Gasteiger partial charge in [-0.3, -0.25) is 4.79 Å². The summed E-state index contributed by atoms with van der Waals surface area (Å²) in [6.45, 7) is 3.52. The lowest BCUT2D eigenvalue weighted by atomic mass is 9.80. The molecule has 4 heterocycles. The van der Waals surface area contributed by atoms with E-state index < -0.39 is 17.4 Å². The van der Waals surface area contributed by atoms with Crippen LogP contribution >= 0.6 is 0 Å². The molecule has 194 valence electrons. The van der Waals surface area contributed by atoms with Crippen LogP contribution in [0, 0.1) is 5.41 Å². The molecule has 12 heteroatoms. The molecule has 3 saturated heterocycles. The average molecular weight is 500 g/mol. The standard InChI is InChI=1S/C23H32F3N5O4/c1-33-17-14-34-10-3-16(17)28-15-12-18-22(13-15,4-11-35-18)21(32)31-8-6-30(7-9-31)19-2-5-27-20(29-19)23(24,25)26/h2,5,15-18,28H,3-4,6-14H2,1H3/t15-,16+,17-,18-,22-/m1/s1. The molecule has 35 heavy (non-hydrogen) atoms. The highest BCUT2D eigenvalue weighted by atomic mass is 19.4. The maximum atomic E-state index is 13.8. The zero-order chi connectivity index (χ0) is 24.6. The Bertz CT molecular complexity index is 913. The largest absolute Gasteiger partial charge is 0.451 e. The summed E-state index contributed by atoms with van der Waals surface area (Å²) in [4.78, 5) is 24.4. The fourth-order valence-electron chi connectivity index (χ4n) is 6.02. The third kappa shape index (κ3) is 4.85. The van der Waals surface area contributed by atoms with Gasteiger partial charge in [-0.2, -0.15) is 13.2 Å². The van der Waals surface area contributed by atoms with Gasteiger partial charge in [0.15, 0.2) is 0 Å². The predicted molar refractivity (Wildman–Crippen MR) is 119 cm³/mol. The minimum atomic E-state index is -4.59. The number of nitrogens with one attached hydrogen (secondary N) is 1. The topological polar surface area (TPSA) is 89.0 Å². The number of hydrogen-bond donors (Lipinski definition) is 1. The Morgan fingerprint density at radius 2 is 2.06 bits per heavy atom. The van der Waals surface area contributed by atoms with Gasteiger partial charge in [0.2, 0.25) is 11.7 Å². The quantitative estimate of drug-likeness (QED) is 0.652. The summed E-state index contributed by atoms with van der Waals surface area (Å²) in [6, 6.07) is 1.82. The lowest BCUT2D eigenvalue weighted by Gasteiger charge is -2.40. The lowest BCUT2D eigenvalue weighted by molar-refractivity contribution is -0.145. The van der Waals surface area contributed by atoms with Crippen LogP contribution in [0.2, 0.25) is 0 Å². The average Bonchev–Trinajstić information content (AvgIpc) is 3.41. The van der Waals surface area contributed by atoms with Crippen LogP contribution in [0.4, 0.5) is 19.0 Å².